The second-order valence-corrected chi connectivity index (χ2v) is 10.4. The van der Waals surface area contributed by atoms with Crippen LogP contribution in [0.5, 0.6) is 0 Å². The van der Waals surface area contributed by atoms with Crippen molar-refractivity contribution in [3.05, 3.63) is 97.0 Å². The van der Waals surface area contributed by atoms with E-state index in [2.05, 4.69) is 20.4 Å². The SMILES string of the molecule is CS(=O)(=O)c1cncc(-c2nc(NC(c3ccccc3)C(F)(F)F)c3c(-c4ccccc4)ccn3n2)c1. The van der Waals surface area contributed by atoms with Crippen LogP contribution in [0.25, 0.3) is 28.0 Å². The van der Waals surface area contributed by atoms with E-state index in [1.807, 2.05) is 30.3 Å². The molecule has 2 aromatic carbocycles. The number of halogens is 3. The molecule has 3 heterocycles. The summed E-state index contributed by atoms with van der Waals surface area (Å²) in [6, 6.07) is 17.7. The number of hydrogen-bond donors (Lipinski definition) is 1. The lowest BCUT2D eigenvalue weighted by Gasteiger charge is -2.23. The second-order valence-electron chi connectivity index (χ2n) is 8.38. The summed E-state index contributed by atoms with van der Waals surface area (Å²) in [4.78, 5) is 8.37. The normalized spacial score (nSPS) is 13.0. The van der Waals surface area contributed by atoms with E-state index in [9.17, 15) is 21.6 Å². The molecule has 37 heavy (non-hydrogen) atoms. The summed E-state index contributed by atoms with van der Waals surface area (Å²) in [6.45, 7) is 0. The van der Waals surface area contributed by atoms with Gasteiger partial charge >= 0.3 is 6.18 Å². The number of nitrogens with one attached hydrogen (secondary N) is 1. The molecule has 188 valence electrons. The number of rotatable bonds is 6. The highest BCUT2D eigenvalue weighted by molar-refractivity contribution is 7.90. The fourth-order valence-electron chi connectivity index (χ4n) is 3.98. The Kier molecular flexibility index (Phi) is 6.16. The van der Waals surface area contributed by atoms with Crippen LogP contribution in [0.2, 0.25) is 0 Å². The molecule has 0 aliphatic rings. The molecule has 5 aromatic rings. The lowest BCUT2D eigenvalue weighted by molar-refractivity contribution is -0.144. The van der Waals surface area contributed by atoms with E-state index < -0.39 is 22.1 Å². The molecular formula is C26H20F3N5O2S. The number of benzene rings is 2. The van der Waals surface area contributed by atoms with Crippen LogP contribution in [0.3, 0.4) is 0 Å². The summed E-state index contributed by atoms with van der Waals surface area (Å²) in [5.74, 6) is -0.0537. The van der Waals surface area contributed by atoms with Crippen LogP contribution in [-0.4, -0.2) is 40.4 Å². The zero-order chi connectivity index (χ0) is 26.2. The van der Waals surface area contributed by atoms with Gasteiger partial charge in [-0.15, -0.1) is 5.10 Å². The average molecular weight is 524 g/mol. The summed E-state index contributed by atoms with van der Waals surface area (Å²) in [5, 5.41) is 7.06. The molecule has 0 aliphatic carbocycles. The number of aromatic nitrogens is 4. The molecule has 0 amide bonds. The first-order chi connectivity index (χ1) is 17.6. The third kappa shape index (κ3) is 5.03. The van der Waals surface area contributed by atoms with Crippen LogP contribution in [0, 0.1) is 0 Å². The number of nitrogens with zero attached hydrogens (tertiary/aromatic N) is 4. The third-order valence-corrected chi connectivity index (χ3v) is 6.82. The predicted octanol–water partition coefficient (Wildman–Crippen LogP) is 5.58. The highest BCUT2D eigenvalue weighted by Gasteiger charge is 2.41. The van der Waals surface area contributed by atoms with E-state index >= 15 is 0 Å². The summed E-state index contributed by atoms with van der Waals surface area (Å²) in [5.41, 5.74) is 2.00. The van der Waals surface area contributed by atoms with E-state index in [-0.39, 0.29) is 27.7 Å². The van der Waals surface area contributed by atoms with Crippen LogP contribution >= 0.6 is 0 Å². The van der Waals surface area contributed by atoms with Crippen LogP contribution in [-0.2, 0) is 9.84 Å². The molecule has 0 spiro atoms. The maximum absolute atomic E-state index is 14.3. The van der Waals surface area contributed by atoms with Crippen molar-refractivity contribution in [1.82, 2.24) is 19.6 Å². The number of pyridine rings is 1. The first-order valence-electron chi connectivity index (χ1n) is 11.1. The standard InChI is InChI=1S/C26H20F3N5O2S/c1-37(35,36)20-14-19(15-30-16-20)24-32-25(31-23(26(27,28)29)18-10-6-3-7-11-18)22-21(12-13-34(22)33-24)17-8-4-2-5-9-17/h2-16,23H,1H3,(H,31,32,33). The van der Waals surface area contributed by atoms with Gasteiger partial charge in [0.2, 0.25) is 0 Å². The highest BCUT2D eigenvalue weighted by atomic mass is 32.2. The van der Waals surface area contributed by atoms with Gasteiger partial charge in [-0.05, 0) is 23.3 Å². The molecule has 1 atom stereocenters. The number of alkyl halides is 3. The van der Waals surface area contributed by atoms with Gasteiger partial charge in [0.25, 0.3) is 0 Å². The van der Waals surface area contributed by atoms with E-state index in [1.54, 1.807) is 18.3 Å². The largest absolute Gasteiger partial charge is 0.412 e. The van der Waals surface area contributed by atoms with Gasteiger partial charge in [-0.1, -0.05) is 60.7 Å². The lowest BCUT2D eigenvalue weighted by atomic mass is 10.1. The van der Waals surface area contributed by atoms with Crippen molar-refractivity contribution in [3.8, 4) is 22.5 Å². The van der Waals surface area contributed by atoms with Crippen LogP contribution < -0.4 is 5.32 Å². The molecule has 0 aliphatic heterocycles. The monoisotopic (exact) mass is 523 g/mol. The van der Waals surface area contributed by atoms with Gasteiger partial charge in [0, 0.05) is 36.0 Å². The molecule has 1 unspecified atom stereocenters. The van der Waals surface area contributed by atoms with Crippen molar-refractivity contribution in [2.45, 2.75) is 17.1 Å². The molecule has 0 saturated carbocycles. The Bertz CT molecular complexity index is 1670. The average Bonchev–Trinajstić information content (AvgIpc) is 3.31. The van der Waals surface area contributed by atoms with Gasteiger partial charge in [0.05, 0.1) is 4.90 Å². The Morgan fingerprint density at radius 2 is 1.59 bits per heavy atom. The van der Waals surface area contributed by atoms with Gasteiger partial charge in [-0.2, -0.15) is 13.2 Å². The molecule has 0 bridgehead atoms. The van der Waals surface area contributed by atoms with Gasteiger partial charge in [-0.3, -0.25) is 4.98 Å². The summed E-state index contributed by atoms with van der Waals surface area (Å²) in [6.07, 6.45) is 0.568. The van der Waals surface area contributed by atoms with Gasteiger partial charge in [0.15, 0.2) is 21.5 Å². The maximum Gasteiger partial charge on any atom is 0.412 e. The minimum Gasteiger partial charge on any atom is -0.353 e. The Labute approximate surface area is 210 Å². The molecule has 0 saturated heterocycles. The topological polar surface area (TPSA) is 89.2 Å². The van der Waals surface area contributed by atoms with Crippen molar-refractivity contribution in [2.24, 2.45) is 0 Å². The van der Waals surface area contributed by atoms with Crippen LogP contribution in [0.4, 0.5) is 19.0 Å². The van der Waals surface area contributed by atoms with E-state index in [0.717, 1.165) is 11.8 Å². The molecular weight excluding hydrogens is 503 g/mol. The molecule has 0 fully saturated rings. The van der Waals surface area contributed by atoms with Gasteiger partial charge in [-0.25, -0.2) is 17.9 Å². The Morgan fingerprint density at radius 1 is 0.919 bits per heavy atom. The molecule has 0 radical (unpaired) electrons. The quantitative estimate of drug-likeness (QED) is 0.313. The lowest BCUT2D eigenvalue weighted by Crippen LogP contribution is -2.28. The van der Waals surface area contributed by atoms with Gasteiger partial charge in [0.1, 0.15) is 11.6 Å². The summed E-state index contributed by atoms with van der Waals surface area (Å²) in [7, 11) is -3.58. The third-order valence-electron chi connectivity index (χ3n) is 5.74. The van der Waals surface area contributed by atoms with Crippen molar-refractivity contribution in [3.63, 3.8) is 0 Å². The smallest absolute Gasteiger partial charge is 0.353 e. The minimum absolute atomic E-state index is 0.0113. The van der Waals surface area contributed by atoms with E-state index in [0.29, 0.717) is 11.1 Å². The van der Waals surface area contributed by atoms with Crippen LogP contribution in [0.15, 0.2) is 96.3 Å². The molecule has 5 rings (SSSR count). The maximum atomic E-state index is 14.3. The first-order valence-corrected chi connectivity index (χ1v) is 13.0. The van der Waals surface area contributed by atoms with E-state index in [1.165, 1.54) is 47.2 Å². The Morgan fingerprint density at radius 3 is 2.24 bits per heavy atom. The van der Waals surface area contributed by atoms with Crippen LogP contribution in [0.1, 0.15) is 11.6 Å². The molecule has 7 nitrogen and oxygen atoms in total. The Balaban J connectivity index is 1.73. The van der Waals surface area contributed by atoms with Crippen molar-refractivity contribution < 1.29 is 21.6 Å². The fraction of sp³-hybridized carbons (Fsp3) is 0.115. The number of anilines is 1. The van der Waals surface area contributed by atoms with Crippen molar-refractivity contribution >= 4 is 21.2 Å². The molecule has 1 N–H and O–H groups in total. The zero-order valence-corrected chi connectivity index (χ0v) is 20.2. The highest BCUT2D eigenvalue weighted by Crippen LogP contribution is 2.38. The second kappa shape index (κ2) is 9.32. The minimum atomic E-state index is -4.64. The summed E-state index contributed by atoms with van der Waals surface area (Å²) < 4.78 is 68.3. The summed E-state index contributed by atoms with van der Waals surface area (Å²) >= 11 is 0. The number of sulfone groups is 1. The first kappa shape index (κ1) is 24.4. The fourth-order valence-corrected chi connectivity index (χ4v) is 4.57. The van der Waals surface area contributed by atoms with E-state index in [4.69, 9.17) is 0 Å². The zero-order valence-electron chi connectivity index (χ0n) is 19.4. The number of hydrogen-bond acceptors (Lipinski definition) is 6. The molecule has 11 heteroatoms. The van der Waals surface area contributed by atoms with Crippen molar-refractivity contribution in [2.75, 3.05) is 11.6 Å². The number of fused-ring (bicyclic) bond motifs is 1. The predicted molar refractivity (Wildman–Crippen MR) is 134 cm³/mol. The molecule has 3 aromatic heterocycles. The van der Waals surface area contributed by atoms with Crippen molar-refractivity contribution in [1.29, 1.82) is 0 Å². The Hall–Kier alpha value is -4.25. The van der Waals surface area contributed by atoms with Gasteiger partial charge < -0.3 is 5.32 Å².